The van der Waals surface area contributed by atoms with E-state index in [9.17, 15) is 18.3 Å². The molecule has 1 saturated heterocycles. The van der Waals surface area contributed by atoms with E-state index in [1.165, 1.54) is 12.1 Å². The molecule has 0 radical (unpaired) electrons. The Morgan fingerprint density at radius 3 is 2.67 bits per heavy atom. The fourth-order valence-corrected chi connectivity index (χ4v) is 3.06. The number of aryl methyl sites for hydroxylation is 1. The number of hydrogen-bond donors (Lipinski definition) is 1. The number of aliphatic hydroxyl groups is 1. The molecule has 0 unspecified atom stereocenters. The summed E-state index contributed by atoms with van der Waals surface area (Å²) in [6.45, 7) is -0.266. The van der Waals surface area contributed by atoms with Crippen LogP contribution in [0.3, 0.4) is 0 Å². The molecular weight excluding hydrogens is 258 g/mol. The van der Waals surface area contributed by atoms with Crippen molar-refractivity contribution in [1.82, 2.24) is 4.31 Å². The first-order chi connectivity index (χ1) is 8.84. The SMILES string of the molecule is [2H][C@@H](O)[C@@H]1COC(=O)N1S(=O)(=O)c1ccc(C)cc1. The van der Waals surface area contributed by atoms with E-state index < -0.39 is 28.7 Å². The van der Waals surface area contributed by atoms with E-state index in [4.69, 9.17) is 1.37 Å². The van der Waals surface area contributed by atoms with Gasteiger partial charge in [-0.3, -0.25) is 0 Å². The Bertz CT molecular complexity index is 584. The maximum Gasteiger partial charge on any atom is 0.424 e. The number of sulfonamides is 1. The summed E-state index contributed by atoms with van der Waals surface area (Å²) in [7, 11) is -4.12. The Kier molecular flexibility index (Phi) is 2.92. The molecule has 1 aliphatic heterocycles. The average Bonchev–Trinajstić information content (AvgIpc) is 2.72. The van der Waals surface area contributed by atoms with Crippen LogP contribution in [0, 0.1) is 6.92 Å². The molecule has 6 nitrogen and oxygen atoms in total. The molecule has 7 heteroatoms. The summed E-state index contributed by atoms with van der Waals surface area (Å²) in [5, 5.41) is 9.22. The molecule has 1 aliphatic rings. The van der Waals surface area contributed by atoms with Gasteiger partial charge in [-0.1, -0.05) is 17.7 Å². The number of benzene rings is 1. The molecular formula is C11H13NO5S. The second-order valence-corrected chi connectivity index (χ2v) is 5.72. The molecule has 1 heterocycles. The highest BCUT2D eigenvalue weighted by molar-refractivity contribution is 7.89. The van der Waals surface area contributed by atoms with Crippen LogP contribution in [0.5, 0.6) is 0 Å². The Labute approximate surface area is 106 Å². The van der Waals surface area contributed by atoms with E-state index in [2.05, 4.69) is 4.74 Å². The molecule has 0 aromatic heterocycles. The maximum atomic E-state index is 12.3. The molecule has 1 fully saturated rings. The van der Waals surface area contributed by atoms with Crippen LogP contribution in [0.2, 0.25) is 0 Å². The third-order valence-electron chi connectivity index (χ3n) is 2.61. The monoisotopic (exact) mass is 272 g/mol. The lowest BCUT2D eigenvalue weighted by Gasteiger charge is -2.19. The zero-order chi connectivity index (χ0) is 14.2. The lowest BCUT2D eigenvalue weighted by Crippen LogP contribution is -2.40. The second-order valence-electron chi connectivity index (χ2n) is 3.91. The number of cyclic esters (lactones) is 1. The average molecular weight is 272 g/mol. The largest absolute Gasteiger partial charge is 0.446 e. The highest BCUT2D eigenvalue weighted by Crippen LogP contribution is 2.23. The molecule has 0 aliphatic carbocycles. The van der Waals surface area contributed by atoms with Crippen LogP contribution in [-0.2, 0) is 14.8 Å². The van der Waals surface area contributed by atoms with Gasteiger partial charge in [0.2, 0.25) is 0 Å². The summed E-state index contributed by atoms with van der Waals surface area (Å²) < 4.78 is 36.8. The van der Waals surface area contributed by atoms with Gasteiger partial charge in [-0.2, -0.15) is 4.31 Å². The summed E-state index contributed by atoms with van der Waals surface area (Å²) >= 11 is 0. The fraction of sp³-hybridized carbons (Fsp3) is 0.364. The highest BCUT2D eigenvalue weighted by atomic mass is 32.2. The van der Waals surface area contributed by atoms with Gasteiger partial charge in [0.15, 0.2) is 0 Å². The van der Waals surface area contributed by atoms with Crippen molar-refractivity contribution in [2.24, 2.45) is 0 Å². The summed E-state index contributed by atoms with van der Waals surface area (Å²) in [6.07, 6.45) is -1.07. The third-order valence-corrected chi connectivity index (χ3v) is 4.41. The van der Waals surface area contributed by atoms with Gasteiger partial charge in [-0.05, 0) is 19.1 Å². The Morgan fingerprint density at radius 1 is 1.50 bits per heavy atom. The minimum absolute atomic E-state index is 0.0809. The predicted octanol–water partition coefficient (Wildman–Crippen LogP) is 0.497. The van der Waals surface area contributed by atoms with Gasteiger partial charge in [-0.25, -0.2) is 13.2 Å². The number of amides is 1. The van der Waals surface area contributed by atoms with Gasteiger partial charge in [0.05, 0.1) is 12.8 Å². The number of carbonyl (C=O) groups excluding carboxylic acids is 1. The zero-order valence-electron chi connectivity index (χ0n) is 10.6. The minimum Gasteiger partial charge on any atom is -0.446 e. The molecule has 0 spiro atoms. The van der Waals surface area contributed by atoms with E-state index in [0.717, 1.165) is 5.56 Å². The number of carbonyl (C=O) groups is 1. The van der Waals surface area contributed by atoms with Crippen molar-refractivity contribution in [3.8, 4) is 0 Å². The van der Waals surface area contributed by atoms with Gasteiger partial charge < -0.3 is 9.84 Å². The first kappa shape index (κ1) is 11.5. The van der Waals surface area contributed by atoms with Crippen molar-refractivity contribution >= 4 is 16.1 Å². The summed E-state index contributed by atoms with van der Waals surface area (Å²) in [5.74, 6) is 0. The number of aliphatic hydroxyl groups excluding tert-OH is 1. The first-order valence-electron chi connectivity index (χ1n) is 5.80. The van der Waals surface area contributed by atoms with E-state index in [1.54, 1.807) is 19.1 Å². The van der Waals surface area contributed by atoms with Crippen LogP contribution < -0.4 is 0 Å². The van der Waals surface area contributed by atoms with Crippen molar-refractivity contribution in [2.75, 3.05) is 13.2 Å². The molecule has 1 amide bonds. The standard InChI is InChI=1S/C11H13NO5S/c1-8-2-4-10(5-3-8)18(15,16)12-9(6-13)7-17-11(12)14/h2-5,9,13H,6-7H2,1H3/t9-/m1/s1/i6D/t6-,9-. The van der Waals surface area contributed by atoms with Crippen molar-refractivity contribution < 1.29 is 24.4 Å². The minimum atomic E-state index is -4.12. The second kappa shape index (κ2) is 4.58. The lowest BCUT2D eigenvalue weighted by molar-refractivity contribution is 0.169. The normalized spacial score (nSPS) is 22.6. The van der Waals surface area contributed by atoms with Gasteiger partial charge in [-0.15, -0.1) is 0 Å². The first-order valence-corrected chi connectivity index (χ1v) is 6.66. The van der Waals surface area contributed by atoms with Gasteiger partial charge >= 0.3 is 6.09 Å². The number of nitrogens with zero attached hydrogens (tertiary/aromatic N) is 1. The number of hydrogen-bond acceptors (Lipinski definition) is 5. The van der Waals surface area contributed by atoms with Crippen molar-refractivity contribution in [3.05, 3.63) is 29.8 Å². The van der Waals surface area contributed by atoms with Gasteiger partial charge in [0.25, 0.3) is 10.0 Å². The third kappa shape index (κ3) is 2.06. The van der Waals surface area contributed by atoms with E-state index in [-0.39, 0.29) is 11.5 Å². The highest BCUT2D eigenvalue weighted by Gasteiger charge is 2.42. The number of ether oxygens (including phenoxy) is 1. The van der Waals surface area contributed by atoms with Crippen LogP contribution in [0.4, 0.5) is 4.79 Å². The van der Waals surface area contributed by atoms with E-state index >= 15 is 0 Å². The summed E-state index contributed by atoms with van der Waals surface area (Å²) in [4.78, 5) is 11.4. The quantitative estimate of drug-likeness (QED) is 0.866. The molecule has 98 valence electrons. The fourth-order valence-electron chi connectivity index (χ4n) is 1.63. The molecule has 2 rings (SSSR count). The lowest BCUT2D eigenvalue weighted by atomic mass is 10.2. The Hall–Kier alpha value is -1.60. The van der Waals surface area contributed by atoms with Crippen LogP contribution in [0.15, 0.2) is 29.2 Å². The Morgan fingerprint density at radius 2 is 2.11 bits per heavy atom. The number of rotatable bonds is 3. The summed E-state index contributed by atoms with van der Waals surface area (Å²) in [5.41, 5.74) is 0.875. The van der Waals surface area contributed by atoms with Crippen LogP contribution in [0.1, 0.15) is 6.93 Å². The molecule has 1 aromatic rings. The topological polar surface area (TPSA) is 83.9 Å². The van der Waals surface area contributed by atoms with E-state index in [0.29, 0.717) is 4.31 Å². The van der Waals surface area contributed by atoms with Crippen LogP contribution in [-0.4, -0.2) is 43.2 Å². The Balaban J connectivity index is 2.43. The van der Waals surface area contributed by atoms with Crippen molar-refractivity contribution in [3.63, 3.8) is 0 Å². The van der Waals surface area contributed by atoms with Crippen molar-refractivity contribution in [1.29, 1.82) is 0 Å². The van der Waals surface area contributed by atoms with Crippen LogP contribution in [0.25, 0.3) is 0 Å². The van der Waals surface area contributed by atoms with Crippen molar-refractivity contribution in [2.45, 2.75) is 17.9 Å². The smallest absolute Gasteiger partial charge is 0.424 e. The molecule has 18 heavy (non-hydrogen) atoms. The molecule has 2 atom stereocenters. The maximum absolute atomic E-state index is 12.3. The molecule has 1 N–H and O–H groups in total. The molecule has 0 saturated carbocycles. The molecule has 1 aromatic carbocycles. The molecule has 0 bridgehead atoms. The van der Waals surface area contributed by atoms with Crippen LogP contribution >= 0.6 is 0 Å². The predicted molar refractivity (Wildman–Crippen MR) is 62.4 cm³/mol. The zero-order valence-corrected chi connectivity index (χ0v) is 10.4. The van der Waals surface area contributed by atoms with E-state index in [1.807, 2.05) is 0 Å². The van der Waals surface area contributed by atoms with Gasteiger partial charge in [0, 0.05) is 0 Å². The van der Waals surface area contributed by atoms with Gasteiger partial charge in [0.1, 0.15) is 12.6 Å². The summed E-state index contributed by atoms with van der Waals surface area (Å²) in [6, 6.07) is 4.70.